The Balaban J connectivity index is 1.70. The Morgan fingerprint density at radius 3 is 2.69 bits per heavy atom. The topological polar surface area (TPSA) is 97.1 Å². The van der Waals surface area contributed by atoms with Gasteiger partial charge in [-0.1, -0.05) is 30.3 Å². The Morgan fingerprint density at radius 1 is 1.15 bits per heavy atom. The number of benzene rings is 1. The third-order valence-electron chi connectivity index (χ3n) is 3.54. The number of furan rings is 1. The molecule has 1 amide bonds. The second-order valence-corrected chi connectivity index (χ2v) is 6.50. The summed E-state index contributed by atoms with van der Waals surface area (Å²) in [6.45, 7) is 0.242. The Labute approximate surface area is 153 Å². The summed E-state index contributed by atoms with van der Waals surface area (Å²) in [7, 11) is 0. The molecule has 0 saturated carbocycles. The maximum atomic E-state index is 12.2. The summed E-state index contributed by atoms with van der Waals surface area (Å²) in [6.07, 6.45) is 1.58. The molecule has 3 aromatic rings. The van der Waals surface area contributed by atoms with E-state index in [1.165, 1.54) is 22.4 Å². The minimum Gasteiger partial charge on any atom is -0.468 e. The molecule has 0 atom stereocenters. The lowest BCUT2D eigenvalue weighted by Gasteiger charge is -2.13. The predicted molar refractivity (Wildman–Crippen MR) is 100 cm³/mol. The normalized spacial score (nSPS) is 10.6. The van der Waals surface area contributed by atoms with Crippen LogP contribution in [0.3, 0.4) is 0 Å². The Morgan fingerprint density at radius 2 is 1.96 bits per heavy atom. The predicted octanol–water partition coefficient (Wildman–Crippen LogP) is 2.05. The molecule has 0 radical (unpaired) electrons. The molecule has 0 fully saturated rings. The van der Waals surface area contributed by atoms with E-state index in [1.54, 1.807) is 12.3 Å². The molecule has 0 saturated heterocycles. The van der Waals surface area contributed by atoms with Gasteiger partial charge in [0.1, 0.15) is 11.6 Å². The third-order valence-corrected chi connectivity index (χ3v) is 4.50. The lowest BCUT2D eigenvalue weighted by Crippen LogP contribution is -2.33. The first-order valence-corrected chi connectivity index (χ1v) is 9.05. The fourth-order valence-corrected chi connectivity index (χ4v) is 3.09. The number of thioether (sulfide) groups is 1. The first-order chi connectivity index (χ1) is 12.6. The minimum atomic E-state index is -0.570. The van der Waals surface area contributed by atoms with Crippen LogP contribution in [0.15, 0.2) is 68.8 Å². The van der Waals surface area contributed by atoms with Gasteiger partial charge in [-0.15, -0.1) is 11.8 Å². The van der Waals surface area contributed by atoms with E-state index in [0.29, 0.717) is 5.75 Å². The number of carbonyl (C=O) groups is 1. The fourth-order valence-electron chi connectivity index (χ4n) is 2.36. The lowest BCUT2D eigenvalue weighted by atomic mass is 10.2. The van der Waals surface area contributed by atoms with Crippen molar-refractivity contribution < 1.29 is 9.21 Å². The van der Waals surface area contributed by atoms with E-state index in [0.717, 1.165) is 11.3 Å². The number of amides is 1. The summed E-state index contributed by atoms with van der Waals surface area (Å²) in [4.78, 5) is 38.2. The molecular weight excluding hydrogens is 354 g/mol. The molecule has 134 valence electrons. The zero-order valence-corrected chi connectivity index (χ0v) is 14.6. The Bertz CT molecular complexity index is 978. The van der Waals surface area contributed by atoms with Crippen molar-refractivity contribution in [1.29, 1.82) is 0 Å². The van der Waals surface area contributed by atoms with E-state index >= 15 is 0 Å². The van der Waals surface area contributed by atoms with Gasteiger partial charge >= 0.3 is 5.69 Å². The van der Waals surface area contributed by atoms with E-state index in [2.05, 4.69) is 10.3 Å². The van der Waals surface area contributed by atoms with E-state index in [4.69, 9.17) is 4.42 Å². The van der Waals surface area contributed by atoms with Crippen molar-refractivity contribution in [1.82, 2.24) is 9.55 Å². The third kappa shape index (κ3) is 4.76. The van der Waals surface area contributed by atoms with Crippen molar-refractivity contribution >= 4 is 23.5 Å². The quantitative estimate of drug-likeness (QED) is 0.662. The van der Waals surface area contributed by atoms with Crippen molar-refractivity contribution in [2.24, 2.45) is 0 Å². The van der Waals surface area contributed by atoms with Crippen LogP contribution in [0.25, 0.3) is 0 Å². The SMILES string of the molecule is O=C(CSCc1ccco1)Nc1cc(=O)[nH]c(=O)n1Cc1ccccc1. The Kier molecular flexibility index (Phi) is 5.75. The second-order valence-electron chi connectivity index (χ2n) is 5.52. The van der Waals surface area contributed by atoms with Crippen LogP contribution in [-0.4, -0.2) is 21.2 Å². The molecule has 26 heavy (non-hydrogen) atoms. The van der Waals surface area contributed by atoms with Gasteiger partial charge in [0, 0.05) is 6.07 Å². The van der Waals surface area contributed by atoms with Crippen LogP contribution in [0.2, 0.25) is 0 Å². The van der Waals surface area contributed by atoms with Gasteiger partial charge in [-0.3, -0.25) is 19.1 Å². The number of carbonyl (C=O) groups excluding carboxylic acids is 1. The van der Waals surface area contributed by atoms with E-state index < -0.39 is 11.2 Å². The van der Waals surface area contributed by atoms with Gasteiger partial charge < -0.3 is 9.73 Å². The van der Waals surface area contributed by atoms with Crippen LogP contribution in [-0.2, 0) is 17.1 Å². The van der Waals surface area contributed by atoms with Crippen molar-refractivity contribution in [2.75, 3.05) is 11.1 Å². The summed E-state index contributed by atoms with van der Waals surface area (Å²) in [5, 5.41) is 2.65. The minimum absolute atomic E-state index is 0.172. The van der Waals surface area contributed by atoms with Gasteiger partial charge in [-0.2, -0.15) is 0 Å². The summed E-state index contributed by atoms with van der Waals surface area (Å²) in [6, 6.07) is 14.1. The van der Waals surface area contributed by atoms with Crippen molar-refractivity contribution in [2.45, 2.75) is 12.3 Å². The number of aromatic amines is 1. The first kappa shape index (κ1) is 17.8. The van der Waals surface area contributed by atoms with Crippen molar-refractivity contribution in [3.05, 3.63) is 87.0 Å². The number of hydrogen-bond donors (Lipinski definition) is 2. The number of rotatable bonds is 7. The highest BCUT2D eigenvalue weighted by atomic mass is 32.2. The van der Waals surface area contributed by atoms with Crippen molar-refractivity contribution in [3.63, 3.8) is 0 Å². The molecule has 0 bridgehead atoms. The highest BCUT2D eigenvalue weighted by molar-refractivity contribution is 7.99. The summed E-state index contributed by atoms with van der Waals surface area (Å²) < 4.78 is 6.53. The monoisotopic (exact) mass is 371 g/mol. The average Bonchev–Trinajstić information content (AvgIpc) is 3.12. The highest BCUT2D eigenvalue weighted by Crippen LogP contribution is 2.13. The van der Waals surface area contributed by atoms with Crippen molar-refractivity contribution in [3.8, 4) is 0 Å². The fraction of sp³-hybridized carbons (Fsp3) is 0.167. The van der Waals surface area contributed by atoms with Gasteiger partial charge in [-0.05, 0) is 17.7 Å². The second kappa shape index (κ2) is 8.39. The molecule has 3 rings (SSSR count). The molecule has 8 heteroatoms. The molecule has 7 nitrogen and oxygen atoms in total. The molecular formula is C18H17N3O4S. The number of H-pyrrole nitrogens is 1. The molecule has 0 aliphatic heterocycles. The zero-order chi connectivity index (χ0) is 18.4. The van der Waals surface area contributed by atoms with E-state index in [-0.39, 0.29) is 24.0 Å². The highest BCUT2D eigenvalue weighted by Gasteiger charge is 2.11. The van der Waals surface area contributed by atoms with Crippen LogP contribution in [0, 0.1) is 0 Å². The van der Waals surface area contributed by atoms with Crippen LogP contribution in [0.4, 0.5) is 5.82 Å². The maximum Gasteiger partial charge on any atom is 0.330 e. The molecule has 0 unspecified atom stereocenters. The first-order valence-electron chi connectivity index (χ1n) is 7.90. The molecule has 1 aromatic carbocycles. The number of hydrogen-bond acceptors (Lipinski definition) is 5. The standard InChI is InChI=1S/C18H17N3O4S/c22-16-9-15(19-17(23)12-26-11-14-7-4-8-25-14)21(18(24)20-16)10-13-5-2-1-3-6-13/h1-9H,10-12H2,(H,19,23)(H,20,22,24). The molecule has 2 N–H and O–H groups in total. The number of nitrogens with one attached hydrogen (secondary N) is 2. The average molecular weight is 371 g/mol. The van der Waals surface area contributed by atoms with Gasteiger partial charge in [0.05, 0.1) is 24.3 Å². The van der Waals surface area contributed by atoms with Gasteiger partial charge in [0.25, 0.3) is 5.56 Å². The summed E-state index contributed by atoms with van der Waals surface area (Å²) in [5.74, 6) is 1.39. The number of aromatic nitrogens is 2. The number of nitrogens with zero attached hydrogens (tertiary/aromatic N) is 1. The molecule has 0 spiro atoms. The summed E-state index contributed by atoms with van der Waals surface area (Å²) >= 11 is 1.38. The van der Waals surface area contributed by atoms with E-state index in [9.17, 15) is 14.4 Å². The zero-order valence-electron chi connectivity index (χ0n) is 13.8. The van der Waals surface area contributed by atoms with E-state index in [1.807, 2.05) is 36.4 Å². The van der Waals surface area contributed by atoms with Gasteiger partial charge in [-0.25, -0.2) is 4.79 Å². The lowest BCUT2D eigenvalue weighted by molar-refractivity contribution is -0.113. The molecule has 2 aromatic heterocycles. The molecule has 0 aliphatic carbocycles. The maximum absolute atomic E-state index is 12.2. The van der Waals surface area contributed by atoms with Crippen LogP contribution >= 0.6 is 11.8 Å². The summed E-state index contributed by atoms with van der Waals surface area (Å²) in [5.41, 5.74) is -0.248. The van der Waals surface area contributed by atoms with Gasteiger partial charge in [0.2, 0.25) is 5.91 Å². The Hall–Kier alpha value is -3.00. The number of anilines is 1. The largest absolute Gasteiger partial charge is 0.468 e. The van der Waals surface area contributed by atoms with Crippen LogP contribution in [0.5, 0.6) is 0 Å². The van der Waals surface area contributed by atoms with Gasteiger partial charge in [0.15, 0.2) is 0 Å². The van der Waals surface area contributed by atoms with Crippen LogP contribution in [0.1, 0.15) is 11.3 Å². The molecule has 0 aliphatic rings. The smallest absolute Gasteiger partial charge is 0.330 e. The van der Waals surface area contributed by atoms with Crippen LogP contribution < -0.4 is 16.6 Å². The molecule has 2 heterocycles.